The van der Waals surface area contributed by atoms with Crippen LogP contribution >= 0.6 is 0 Å². The molecule has 2 aliphatic heterocycles. The van der Waals surface area contributed by atoms with Crippen LogP contribution in [0, 0.1) is 0 Å². The van der Waals surface area contributed by atoms with E-state index in [0.717, 1.165) is 31.6 Å². The van der Waals surface area contributed by atoms with E-state index >= 15 is 0 Å². The number of likely N-dealkylation sites (tertiary alicyclic amines) is 1. The highest BCUT2D eigenvalue weighted by Gasteiger charge is 2.32. The first kappa shape index (κ1) is 23.3. The molecule has 2 fully saturated rings. The van der Waals surface area contributed by atoms with Crippen molar-refractivity contribution in [3.05, 3.63) is 35.9 Å². The van der Waals surface area contributed by atoms with Crippen molar-refractivity contribution in [3.8, 4) is 0 Å². The number of rotatable bonds is 7. The molecule has 0 N–H and O–H groups in total. The van der Waals surface area contributed by atoms with Gasteiger partial charge in [0.2, 0.25) is 0 Å². The lowest BCUT2D eigenvalue weighted by atomic mass is 10.2. The summed E-state index contributed by atoms with van der Waals surface area (Å²) < 4.78 is 16.6. The molecule has 8 nitrogen and oxygen atoms in total. The normalized spacial score (nSPS) is 17.9. The molecule has 1 aromatic rings. The van der Waals surface area contributed by atoms with Crippen LogP contribution in [0.3, 0.4) is 0 Å². The van der Waals surface area contributed by atoms with E-state index in [1.807, 2.05) is 51.1 Å². The van der Waals surface area contributed by atoms with E-state index in [1.54, 1.807) is 9.80 Å². The van der Waals surface area contributed by atoms with Gasteiger partial charge < -0.3 is 24.0 Å². The van der Waals surface area contributed by atoms with E-state index in [9.17, 15) is 9.59 Å². The number of carbonyl (C=O) groups excluding carboxylic acids is 2. The van der Waals surface area contributed by atoms with Crippen molar-refractivity contribution in [2.24, 2.45) is 0 Å². The van der Waals surface area contributed by atoms with Gasteiger partial charge in [0.25, 0.3) is 0 Å². The van der Waals surface area contributed by atoms with Crippen LogP contribution in [0.25, 0.3) is 0 Å². The number of benzene rings is 1. The fourth-order valence-corrected chi connectivity index (χ4v) is 3.52. The van der Waals surface area contributed by atoms with Gasteiger partial charge in [-0.05, 0) is 32.8 Å². The summed E-state index contributed by atoms with van der Waals surface area (Å²) in [5.41, 5.74) is 0.525. The van der Waals surface area contributed by atoms with Gasteiger partial charge in [0.1, 0.15) is 12.2 Å². The lowest BCUT2D eigenvalue weighted by molar-refractivity contribution is -0.0530. The molecule has 0 atom stereocenters. The van der Waals surface area contributed by atoms with Gasteiger partial charge >= 0.3 is 12.2 Å². The predicted molar refractivity (Wildman–Crippen MR) is 117 cm³/mol. The Labute approximate surface area is 185 Å². The standard InChI is InChI=1S/C23H35N3O5/c1-23(2,3)31-22(28)25-13-11-24(12-14-25)10-7-15-29-20-16-26(17-20)21(27)30-18-19-8-5-4-6-9-19/h4-6,8-9,20H,7,10-18H2,1-3H3. The van der Waals surface area contributed by atoms with Crippen LogP contribution < -0.4 is 0 Å². The molecule has 172 valence electrons. The Kier molecular flexibility index (Phi) is 8.15. The molecular weight excluding hydrogens is 398 g/mol. The lowest BCUT2D eigenvalue weighted by Crippen LogP contribution is -2.55. The molecule has 0 aromatic heterocycles. The van der Waals surface area contributed by atoms with Gasteiger partial charge in [0, 0.05) is 39.3 Å². The van der Waals surface area contributed by atoms with Crippen LogP contribution in [-0.2, 0) is 20.8 Å². The van der Waals surface area contributed by atoms with Crippen molar-refractivity contribution in [2.45, 2.75) is 45.5 Å². The smallest absolute Gasteiger partial charge is 0.410 e. The van der Waals surface area contributed by atoms with Crippen molar-refractivity contribution in [1.82, 2.24) is 14.7 Å². The molecule has 2 aliphatic rings. The number of nitrogens with zero attached hydrogens (tertiary/aromatic N) is 3. The second-order valence-electron chi connectivity index (χ2n) is 9.10. The highest BCUT2D eigenvalue weighted by atomic mass is 16.6. The Bertz CT molecular complexity index is 708. The van der Waals surface area contributed by atoms with Crippen molar-refractivity contribution in [3.63, 3.8) is 0 Å². The lowest BCUT2D eigenvalue weighted by Gasteiger charge is -2.38. The molecule has 31 heavy (non-hydrogen) atoms. The first-order valence-corrected chi connectivity index (χ1v) is 11.1. The molecule has 0 aliphatic carbocycles. The summed E-state index contributed by atoms with van der Waals surface area (Å²) in [6.45, 7) is 11.8. The zero-order chi connectivity index (χ0) is 22.3. The predicted octanol–water partition coefficient (Wildman–Crippen LogP) is 2.97. The number of carbonyl (C=O) groups is 2. The van der Waals surface area contributed by atoms with E-state index in [4.69, 9.17) is 14.2 Å². The average molecular weight is 434 g/mol. The molecule has 0 unspecified atom stereocenters. The van der Waals surface area contributed by atoms with Gasteiger partial charge in [0.15, 0.2) is 0 Å². The number of ether oxygens (including phenoxy) is 3. The van der Waals surface area contributed by atoms with Crippen LogP contribution in [0.4, 0.5) is 9.59 Å². The summed E-state index contributed by atoms with van der Waals surface area (Å²) in [7, 11) is 0. The first-order valence-electron chi connectivity index (χ1n) is 11.1. The van der Waals surface area contributed by atoms with E-state index in [2.05, 4.69) is 4.90 Å². The van der Waals surface area contributed by atoms with Crippen molar-refractivity contribution in [1.29, 1.82) is 0 Å². The number of amides is 2. The molecule has 2 saturated heterocycles. The van der Waals surface area contributed by atoms with Gasteiger partial charge in [0.05, 0.1) is 19.2 Å². The van der Waals surface area contributed by atoms with Crippen LogP contribution in [0.2, 0.25) is 0 Å². The monoisotopic (exact) mass is 433 g/mol. The first-order chi connectivity index (χ1) is 14.8. The van der Waals surface area contributed by atoms with Gasteiger partial charge in [-0.25, -0.2) is 9.59 Å². The molecule has 2 amide bonds. The fraction of sp³-hybridized carbons (Fsp3) is 0.652. The highest BCUT2D eigenvalue weighted by molar-refractivity contribution is 5.69. The quantitative estimate of drug-likeness (QED) is 0.616. The highest BCUT2D eigenvalue weighted by Crippen LogP contribution is 2.15. The summed E-state index contributed by atoms with van der Waals surface area (Å²) in [5, 5.41) is 0. The summed E-state index contributed by atoms with van der Waals surface area (Å²) in [6.07, 6.45) is 0.508. The Morgan fingerprint density at radius 1 is 0.968 bits per heavy atom. The maximum atomic E-state index is 12.1. The van der Waals surface area contributed by atoms with E-state index in [1.165, 1.54) is 0 Å². The maximum Gasteiger partial charge on any atom is 0.410 e. The summed E-state index contributed by atoms with van der Waals surface area (Å²) >= 11 is 0. The Morgan fingerprint density at radius 2 is 1.65 bits per heavy atom. The van der Waals surface area contributed by atoms with Crippen molar-refractivity contribution < 1.29 is 23.8 Å². The zero-order valence-corrected chi connectivity index (χ0v) is 18.9. The largest absolute Gasteiger partial charge is 0.445 e. The van der Waals surface area contributed by atoms with Gasteiger partial charge in [-0.15, -0.1) is 0 Å². The zero-order valence-electron chi connectivity index (χ0n) is 18.9. The molecular formula is C23H35N3O5. The Hall–Kier alpha value is -2.32. The Morgan fingerprint density at radius 3 is 2.29 bits per heavy atom. The second-order valence-corrected chi connectivity index (χ2v) is 9.10. The third kappa shape index (κ3) is 7.70. The second kappa shape index (κ2) is 10.8. The molecule has 0 bridgehead atoms. The van der Waals surface area contributed by atoms with Gasteiger partial charge in [-0.3, -0.25) is 4.90 Å². The fourth-order valence-electron chi connectivity index (χ4n) is 3.52. The van der Waals surface area contributed by atoms with E-state index < -0.39 is 5.60 Å². The molecule has 3 rings (SSSR count). The molecule has 0 saturated carbocycles. The summed E-state index contributed by atoms with van der Waals surface area (Å²) in [5.74, 6) is 0. The number of hydrogen-bond acceptors (Lipinski definition) is 6. The Balaban J connectivity index is 1.20. The van der Waals surface area contributed by atoms with E-state index in [-0.39, 0.29) is 18.3 Å². The van der Waals surface area contributed by atoms with Crippen LogP contribution in [-0.4, -0.2) is 91.0 Å². The van der Waals surface area contributed by atoms with Crippen LogP contribution in [0.1, 0.15) is 32.8 Å². The minimum Gasteiger partial charge on any atom is -0.445 e. The summed E-state index contributed by atoms with van der Waals surface area (Å²) in [4.78, 5) is 29.9. The van der Waals surface area contributed by atoms with Crippen molar-refractivity contribution >= 4 is 12.2 Å². The molecule has 8 heteroatoms. The summed E-state index contributed by atoms with van der Waals surface area (Å²) in [6, 6.07) is 9.67. The van der Waals surface area contributed by atoms with Crippen LogP contribution in [0.5, 0.6) is 0 Å². The number of piperazine rings is 1. The topological polar surface area (TPSA) is 71.6 Å². The molecule has 0 radical (unpaired) electrons. The average Bonchev–Trinajstić information content (AvgIpc) is 2.70. The maximum absolute atomic E-state index is 12.1. The number of hydrogen-bond donors (Lipinski definition) is 0. The minimum atomic E-state index is -0.457. The third-order valence-electron chi connectivity index (χ3n) is 5.31. The van der Waals surface area contributed by atoms with Crippen molar-refractivity contribution in [2.75, 3.05) is 52.4 Å². The van der Waals surface area contributed by atoms with Crippen LogP contribution in [0.15, 0.2) is 30.3 Å². The SMILES string of the molecule is CC(C)(C)OC(=O)N1CCN(CCCOC2CN(C(=O)OCc3ccccc3)C2)CC1. The van der Waals surface area contributed by atoms with Gasteiger partial charge in [-0.2, -0.15) is 0 Å². The van der Waals surface area contributed by atoms with E-state index in [0.29, 0.717) is 39.4 Å². The molecule has 0 spiro atoms. The van der Waals surface area contributed by atoms with Gasteiger partial charge in [-0.1, -0.05) is 30.3 Å². The third-order valence-corrected chi connectivity index (χ3v) is 5.31. The molecule has 2 heterocycles. The minimum absolute atomic E-state index is 0.0910. The molecule has 1 aromatic carbocycles.